The van der Waals surface area contributed by atoms with Gasteiger partial charge in [0.05, 0.1) is 15.9 Å². The molecule has 0 amide bonds. The summed E-state index contributed by atoms with van der Waals surface area (Å²) in [4.78, 5) is 14.1. The van der Waals surface area contributed by atoms with Crippen molar-refractivity contribution in [2.24, 2.45) is 0 Å². The first kappa shape index (κ1) is 12.4. The third kappa shape index (κ3) is 2.41. The third-order valence-corrected chi connectivity index (χ3v) is 4.40. The van der Waals surface area contributed by atoms with E-state index in [4.69, 9.17) is 5.73 Å². The summed E-state index contributed by atoms with van der Waals surface area (Å²) in [6.45, 7) is 3.93. The Kier molecular flexibility index (Phi) is 3.12. The molecule has 0 radical (unpaired) electrons. The van der Waals surface area contributed by atoms with Gasteiger partial charge in [0.25, 0.3) is 0 Å². The van der Waals surface area contributed by atoms with Crippen molar-refractivity contribution >= 4 is 39.0 Å². The van der Waals surface area contributed by atoms with Crippen LogP contribution < -0.4 is 5.73 Å². The molecule has 0 saturated carbocycles. The summed E-state index contributed by atoms with van der Waals surface area (Å²) in [7, 11) is 0. The van der Waals surface area contributed by atoms with Gasteiger partial charge >= 0.3 is 0 Å². The number of nitrogen functional groups attached to an aromatic ring is 1. The van der Waals surface area contributed by atoms with Crippen molar-refractivity contribution in [3.63, 3.8) is 0 Å². The van der Waals surface area contributed by atoms with E-state index in [0.29, 0.717) is 5.69 Å². The fourth-order valence-electron chi connectivity index (χ4n) is 1.86. The topological polar surface area (TPSA) is 64.7 Å². The number of anilines is 1. The number of aromatic nitrogens is 3. The molecule has 3 aromatic rings. The largest absolute Gasteiger partial charge is 0.396 e. The van der Waals surface area contributed by atoms with Gasteiger partial charge in [-0.3, -0.25) is 0 Å². The molecule has 0 spiro atoms. The minimum atomic E-state index is 0.700. The number of rotatable bonds is 2. The van der Waals surface area contributed by atoms with Crippen LogP contribution in [-0.2, 0) is 0 Å². The third-order valence-electron chi connectivity index (χ3n) is 2.66. The van der Waals surface area contributed by atoms with Crippen LogP contribution in [0.25, 0.3) is 10.2 Å². The molecule has 0 fully saturated rings. The number of hydrogen-bond acceptors (Lipinski definition) is 6. The zero-order valence-corrected chi connectivity index (χ0v) is 12.2. The molecule has 0 aliphatic rings. The van der Waals surface area contributed by atoms with E-state index in [1.807, 2.05) is 37.6 Å². The van der Waals surface area contributed by atoms with Gasteiger partial charge in [0, 0.05) is 16.3 Å². The van der Waals surface area contributed by atoms with E-state index in [-0.39, 0.29) is 0 Å². The molecular weight excluding hydrogens is 276 g/mol. The standard InChI is InChI=1S/C13H12N4S2/c1-7-5-8(2)17-13(16-7)19-9-3-4-10-12(11(9)14)15-6-18-10/h3-6H,14H2,1-2H3. The highest BCUT2D eigenvalue weighted by Gasteiger charge is 2.10. The SMILES string of the molecule is Cc1cc(C)nc(Sc2ccc3scnc3c2N)n1. The second-order valence-electron chi connectivity index (χ2n) is 4.21. The van der Waals surface area contributed by atoms with Gasteiger partial charge in [-0.25, -0.2) is 15.0 Å². The van der Waals surface area contributed by atoms with Crippen molar-refractivity contribution < 1.29 is 0 Å². The van der Waals surface area contributed by atoms with Crippen LogP contribution in [-0.4, -0.2) is 15.0 Å². The Hall–Kier alpha value is -1.66. The number of thiazole rings is 1. The highest BCUT2D eigenvalue weighted by atomic mass is 32.2. The van der Waals surface area contributed by atoms with E-state index in [0.717, 1.165) is 31.7 Å². The van der Waals surface area contributed by atoms with E-state index in [1.54, 1.807) is 11.3 Å². The molecule has 2 heterocycles. The monoisotopic (exact) mass is 288 g/mol. The Morgan fingerprint density at radius 3 is 2.63 bits per heavy atom. The minimum absolute atomic E-state index is 0.700. The van der Waals surface area contributed by atoms with Crippen LogP contribution in [0.3, 0.4) is 0 Å². The zero-order chi connectivity index (χ0) is 13.4. The summed E-state index contributed by atoms with van der Waals surface area (Å²) >= 11 is 3.07. The molecule has 96 valence electrons. The van der Waals surface area contributed by atoms with Crippen LogP contribution in [0.15, 0.2) is 33.8 Å². The van der Waals surface area contributed by atoms with Crippen LogP contribution >= 0.6 is 23.1 Å². The summed E-state index contributed by atoms with van der Waals surface area (Å²) in [6, 6.07) is 5.99. The van der Waals surface area contributed by atoms with E-state index in [1.165, 1.54) is 11.8 Å². The maximum atomic E-state index is 6.16. The fourth-order valence-corrected chi connectivity index (χ4v) is 3.47. The van der Waals surface area contributed by atoms with Gasteiger partial charge in [0.15, 0.2) is 5.16 Å². The van der Waals surface area contributed by atoms with Crippen molar-refractivity contribution in [3.05, 3.63) is 35.1 Å². The first-order chi connectivity index (χ1) is 9.13. The van der Waals surface area contributed by atoms with Gasteiger partial charge in [-0.15, -0.1) is 11.3 Å². The van der Waals surface area contributed by atoms with Gasteiger partial charge < -0.3 is 5.73 Å². The van der Waals surface area contributed by atoms with Gasteiger partial charge in [-0.1, -0.05) is 0 Å². The number of fused-ring (bicyclic) bond motifs is 1. The Labute approximate surface area is 119 Å². The molecule has 2 aromatic heterocycles. The molecule has 0 aliphatic heterocycles. The van der Waals surface area contributed by atoms with Gasteiger partial charge in [-0.05, 0) is 43.8 Å². The molecule has 2 N–H and O–H groups in total. The average molecular weight is 288 g/mol. The van der Waals surface area contributed by atoms with Crippen LogP contribution in [0.4, 0.5) is 5.69 Å². The second-order valence-corrected chi connectivity index (χ2v) is 6.11. The molecule has 6 heteroatoms. The first-order valence-electron chi connectivity index (χ1n) is 5.75. The molecule has 0 atom stereocenters. The number of benzene rings is 1. The molecule has 4 nitrogen and oxygen atoms in total. The lowest BCUT2D eigenvalue weighted by molar-refractivity contribution is 0.902. The highest BCUT2D eigenvalue weighted by molar-refractivity contribution is 7.99. The Bertz CT molecular complexity index is 731. The molecule has 0 saturated heterocycles. The van der Waals surface area contributed by atoms with Crippen molar-refractivity contribution in [2.45, 2.75) is 23.9 Å². The summed E-state index contributed by atoms with van der Waals surface area (Å²) in [5.41, 5.74) is 11.4. The maximum absolute atomic E-state index is 6.16. The van der Waals surface area contributed by atoms with Gasteiger partial charge in [0.2, 0.25) is 0 Å². The Morgan fingerprint density at radius 1 is 1.16 bits per heavy atom. The summed E-state index contributed by atoms with van der Waals surface area (Å²) in [6.07, 6.45) is 0. The van der Waals surface area contributed by atoms with Crippen molar-refractivity contribution in [3.8, 4) is 0 Å². The predicted octanol–water partition coefficient (Wildman–Crippen LogP) is 3.44. The molecule has 0 aliphatic carbocycles. The smallest absolute Gasteiger partial charge is 0.192 e. The van der Waals surface area contributed by atoms with E-state index >= 15 is 0 Å². The summed E-state index contributed by atoms with van der Waals surface area (Å²) in [5, 5.41) is 0.721. The normalized spacial score (nSPS) is 11.1. The Morgan fingerprint density at radius 2 is 1.89 bits per heavy atom. The zero-order valence-electron chi connectivity index (χ0n) is 10.5. The number of hydrogen-bond donors (Lipinski definition) is 1. The van der Waals surface area contributed by atoms with Gasteiger partial charge in [0.1, 0.15) is 5.52 Å². The fraction of sp³-hybridized carbons (Fsp3) is 0.154. The summed E-state index contributed by atoms with van der Waals surface area (Å²) < 4.78 is 1.10. The quantitative estimate of drug-likeness (QED) is 0.578. The average Bonchev–Trinajstić information content (AvgIpc) is 2.80. The molecular formula is C13H12N4S2. The first-order valence-corrected chi connectivity index (χ1v) is 7.45. The number of nitrogens with two attached hydrogens (primary N) is 1. The number of nitrogens with zero attached hydrogens (tertiary/aromatic N) is 3. The Balaban J connectivity index is 2.02. The lowest BCUT2D eigenvalue weighted by Crippen LogP contribution is -1.95. The molecule has 0 unspecified atom stereocenters. The minimum Gasteiger partial charge on any atom is -0.396 e. The van der Waals surface area contributed by atoms with E-state index in [2.05, 4.69) is 15.0 Å². The lowest BCUT2D eigenvalue weighted by atomic mass is 10.3. The van der Waals surface area contributed by atoms with Crippen molar-refractivity contribution in [1.29, 1.82) is 0 Å². The molecule has 1 aromatic carbocycles. The van der Waals surface area contributed by atoms with Crippen LogP contribution in [0, 0.1) is 13.8 Å². The van der Waals surface area contributed by atoms with Crippen molar-refractivity contribution in [1.82, 2.24) is 15.0 Å². The highest BCUT2D eigenvalue weighted by Crippen LogP contribution is 2.35. The lowest BCUT2D eigenvalue weighted by Gasteiger charge is -2.06. The molecule has 0 bridgehead atoms. The van der Waals surface area contributed by atoms with Crippen molar-refractivity contribution in [2.75, 3.05) is 5.73 Å². The van der Waals surface area contributed by atoms with Crippen LogP contribution in [0.1, 0.15) is 11.4 Å². The molecule has 3 rings (SSSR count). The molecule has 19 heavy (non-hydrogen) atoms. The van der Waals surface area contributed by atoms with E-state index < -0.39 is 0 Å². The second kappa shape index (κ2) is 4.79. The maximum Gasteiger partial charge on any atom is 0.192 e. The van der Waals surface area contributed by atoms with E-state index in [9.17, 15) is 0 Å². The summed E-state index contributed by atoms with van der Waals surface area (Å²) in [5.74, 6) is 0. The van der Waals surface area contributed by atoms with Crippen LogP contribution in [0.2, 0.25) is 0 Å². The van der Waals surface area contributed by atoms with Crippen LogP contribution in [0.5, 0.6) is 0 Å². The number of aryl methyl sites for hydroxylation is 2. The van der Waals surface area contributed by atoms with Gasteiger partial charge in [-0.2, -0.15) is 0 Å². The predicted molar refractivity (Wildman–Crippen MR) is 79.7 cm³/mol.